The molecule has 2 aromatic heterocycles. The van der Waals surface area contributed by atoms with Crippen LogP contribution in [0.2, 0.25) is 0 Å². The summed E-state index contributed by atoms with van der Waals surface area (Å²) in [6.45, 7) is 8.34. The molecule has 2 fully saturated rings. The van der Waals surface area contributed by atoms with Gasteiger partial charge in [-0.1, -0.05) is 30.3 Å². The summed E-state index contributed by atoms with van der Waals surface area (Å²) in [5.41, 5.74) is 4.06. The molecule has 306 valence electrons. The van der Waals surface area contributed by atoms with Crippen molar-refractivity contribution in [1.29, 1.82) is 0 Å². The maximum Gasteiger partial charge on any atom is 0.407 e. The summed E-state index contributed by atoms with van der Waals surface area (Å²) in [6.07, 6.45) is 2.08. The van der Waals surface area contributed by atoms with Crippen LogP contribution in [0.15, 0.2) is 60.7 Å². The van der Waals surface area contributed by atoms with Gasteiger partial charge in [0.25, 0.3) is 5.91 Å². The van der Waals surface area contributed by atoms with Gasteiger partial charge in [-0.15, -0.1) is 10.2 Å². The Morgan fingerprint density at radius 2 is 1.64 bits per heavy atom. The van der Waals surface area contributed by atoms with Gasteiger partial charge in [-0.25, -0.2) is 14.6 Å². The zero-order valence-corrected chi connectivity index (χ0v) is 33.1. The molecule has 0 unspecified atom stereocenters. The topological polar surface area (TPSA) is 234 Å². The molecular weight excluding hydrogens is 745 g/mol. The zero-order chi connectivity index (χ0) is 41.4. The number of aromatic nitrogens is 5. The Kier molecular flexibility index (Phi) is 13.0. The van der Waals surface area contributed by atoms with Gasteiger partial charge in [-0.3, -0.25) is 14.4 Å². The third-order valence-electron chi connectivity index (χ3n) is 10.4. The fourth-order valence-electron chi connectivity index (χ4n) is 7.25. The van der Waals surface area contributed by atoms with Gasteiger partial charge >= 0.3 is 12.2 Å². The summed E-state index contributed by atoms with van der Waals surface area (Å²) in [4.78, 5) is 69.6. The average Bonchev–Trinajstić information content (AvgIpc) is 3.91. The van der Waals surface area contributed by atoms with Gasteiger partial charge in [0.05, 0.1) is 0 Å². The van der Waals surface area contributed by atoms with Crippen LogP contribution in [-0.4, -0.2) is 103 Å². The number of hydrogen-bond donors (Lipinski definition) is 6. The van der Waals surface area contributed by atoms with Gasteiger partial charge in [-0.05, 0) is 112 Å². The smallest absolute Gasteiger partial charge is 0.407 e. The van der Waals surface area contributed by atoms with E-state index in [2.05, 4.69) is 46.9 Å². The monoisotopic (exact) mass is 794 g/mol. The molecule has 6 rings (SSSR count). The van der Waals surface area contributed by atoms with E-state index in [0.717, 1.165) is 35.1 Å². The predicted molar refractivity (Wildman–Crippen MR) is 213 cm³/mol. The van der Waals surface area contributed by atoms with E-state index in [9.17, 15) is 29.1 Å². The zero-order valence-electron chi connectivity index (χ0n) is 33.1. The number of carbonyl (C=O) groups excluding carboxylic acids is 4. The molecule has 2 atom stereocenters. The van der Waals surface area contributed by atoms with E-state index in [-0.39, 0.29) is 54.3 Å². The summed E-state index contributed by atoms with van der Waals surface area (Å²) in [5, 5.41) is 34.9. The number of nitrogens with one attached hydrogen (secondary N) is 5. The number of aromatic amines is 1. The molecule has 58 heavy (non-hydrogen) atoms. The first-order valence-electron chi connectivity index (χ1n) is 19.5. The molecule has 17 nitrogen and oxygen atoms in total. The van der Waals surface area contributed by atoms with Crippen LogP contribution >= 0.6 is 0 Å². The molecule has 6 N–H and O–H groups in total. The minimum atomic E-state index is -1.00. The molecule has 5 amide bonds. The van der Waals surface area contributed by atoms with E-state index in [4.69, 9.17) is 4.74 Å². The van der Waals surface area contributed by atoms with E-state index in [1.807, 2.05) is 58.0 Å². The fourth-order valence-corrected chi connectivity index (χ4v) is 7.25. The van der Waals surface area contributed by atoms with Gasteiger partial charge in [0.1, 0.15) is 17.3 Å². The number of carbonyl (C=O) groups is 5. The third-order valence-corrected chi connectivity index (χ3v) is 10.4. The Hall–Kier alpha value is -6.39. The highest BCUT2D eigenvalue weighted by molar-refractivity contribution is 5.98. The van der Waals surface area contributed by atoms with Crippen molar-refractivity contribution in [3.63, 3.8) is 0 Å². The van der Waals surface area contributed by atoms with Crippen LogP contribution in [0.3, 0.4) is 0 Å². The quantitative estimate of drug-likeness (QED) is 0.115. The number of rotatable bonds is 12. The van der Waals surface area contributed by atoms with E-state index < -0.39 is 23.8 Å². The molecule has 2 aliphatic rings. The van der Waals surface area contributed by atoms with Crippen LogP contribution in [0, 0.1) is 18.8 Å². The van der Waals surface area contributed by atoms with Crippen LogP contribution in [-0.2, 0) is 20.7 Å². The van der Waals surface area contributed by atoms with Crippen molar-refractivity contribution in [3.05, 3.63) is 77.6 Å². The summed E-state index contributed by atoms with van der Waals surface area (Å²) >= 11 is 0. The SMILES string of the molecule is Cc1nc(C(=O)N[C@H]2CCN(C(=O)O)C2)ccc1-c1ccc(C[C@H](NC(=O)C2CCC(CNC(=O)OC(C)(C)C)CC2)C(=O)Nc2ccc(-c3nn[nH]n3)cc2)cc1. The standard InChI is InChI=1S/C41H50N10O7/c1-24-32(17-18-33(43-24)37(53)45-31-19-20-51(23-31)40(56)57)27-9-5-25(6-10-27)21-34(38(54)44-30-15-13-28(14-16-30)35-47-49-50-48-35)46-36(52)29-11-7-26(8-12-29)22-42-39(55)58-41(2,3)4/h5-6,9-10,13-18,26,29,31,34H,7-8,11-12,19-23H2,1-4H3,(H,42,55)(H,44,54)(H,45,53)(H,46,52)(H,56,57)(H,47,48,49,50)/t26?,29?,31-,34-/m0/s1. The molecule has 0 radical (unpaired) electrons. The highest BCUT2D eigenvalue weighted by Crippen LogP contribution is 2.29. The maximum atomic E-state index is 13.8. The minimum Gasteiger partial charge on any atom is -0.465 e. The number of carboxylic acid groups (broad SMARTS) is 1. The van der Waals surface area contributed by atoms with Gasteiger partial charge in [0.2, 0.25) is 17.6 Å². The molecule has 2 aromatic carbocycles. The van der Waals surface area contributed by atoms with E-state index >= 15 is 0 Å². The van der Waals surface area contributed by atoms with Crippen molar-refractivity contribution in [2.24, 2.45) is 11.8 Å². The molecule has 3 heterocycles. The molecule has 17 heteroatoms. The number of alkyl carbamates (subject to hydrolysis) is 1. The van der Waals surface area contributed by atoms with Crippen LogP contribution in [0.25, 0.3) is 22.5 Å². The second kappa shape index (κ2) is 18.3. The Morgan fingerprint density at radius 3 is 2.26 bits per heavy atom. The van der Waals surface area contributed by atoms with Crippen LogP contribution < -0.4 is 21.3 Å². The molecule has 1 aliphatic carbocycles. The maximum absolute atomic E-state index is 13.8. The van der Waals surface area contributed by atoms with Gasteiger partial charge in [0, 0.05) is 60.5 Å². The van der Waals surface area contributed by atoms with Crippen molar-refractivity contribution in [2.45, 2.75) is 83.9 Å². The molecule has 1 saturated carbocycles. The number of nitrogens with zero attached hydrogens (tertiary/aromatic N) is 5. The first-order valence-corrected chi connectivity index (χ1v) is 19.5. The van der Waals surface area contributed by atoms with Crippen LogP contribution in [0.1, 0.15) is 74.6 Å². The Bertz CT molecular complexity index is 2080. The number of anilines is 1. The molecule has 1 aliphatic heterocycles. The average molecular weight is 795 g/mol. The highest BCUT2D eigenvalue weighted by atomic mass is 16.6. The number of ether oxygens (including phenoxy) is 1. The summed E-state index contributed by atoms with van der Waals surface area (Å²) in [6, 6.07) is 16.9. The van der Waals surface area contributed by atoms with Gasteiger partial charge in [-0.2, -0.15) is 5.21 Å². The lowest BCUT2D eigenvalue weighted by atomic mass is 9.81. The van der Waals surface area contributed by atoms with Crippen molar-refractivity contribution >= 4 is 35.6 Å². The summed E-state index contributed by atoms with van der Waals surface area (Å²) in [7, 11) is 0. The van der Waals surface area contributed by atoms with Gasteiger partial charge < -0.3 is 36.0 Å². The second-order valence-electron chi connectivity index (χ2n) is 15.9. The van der Waals surface area contributed by atoms with Crippen LogP contribution in [0.5, 0.6) is 0 Å². The second-order valence-corrected chi connectivity index (χ2v) is 15.9. The summed E-state index contributed by atoms with van der Waals surface area (Å²) in [5.74, 6) is -0.560. The van der Waals surface area contributed by atoms with Gasteiger partial charge in [0.15, 0.2) is 0 Å². The van der Waals surface area contributed by atoms with E-state index in [1.54, 1.807) is 30.3 Å². The fraction of sp³-hybridized carbons (Fsp3) is 0.439. The largest absolute Gasteiger partial charge is 0.465 e. The number of likely N-dealkylation sites (tertiary alicyclic amines) is 1. The van der Waals surface area contributed by atoms with Crippen molar-refractivity contribution < 1.29 is 33.8 Å². The Balaban J connectivity index is 1.10. The lowest BCUT2D eigenvalue weighted by Crippen LogP contribution is -2.48. The first kappa shape index (κ1) is 41.2. The number of pyridine rings is 1. The normalized spacial score (nSPS) is 18.5. The predicted octanol–water partition coefficient (Wildman–Crippen LogP) is 4.72. The number of aryl methyl sites for hydroxylation is 1. The molecular formula is C41H50N10O7. The number of hydrogen-bond acceptors (Lipinski definition) is 10. The number of amides is 5. The van der Waals surface area contributed by atoms with Crippen LogP contribution in [0.4, 0.5) is 15.3 Å². The summed E-state index contributed by atoms with van der Waals surface area (Å²) < 4.78 is 5.35. The van der Waals surface area contributed by atoms with Crippen molar-refractivity contribution in [2.75, 3.05) is 25.0 Å². The first-order chi connectivity index (χ1) is 27.7. The lowest BCUT2D eigenvalue weighted by molar-refractivity contribution is -0.130. The molecule has 0 bridgehead atoms. The van der Waals surface area contributed by atoms with Crippen molar-refractivity contribution in [1.82, 2.24) is 46.5 Å². The molecule has 4 aromatic rings. The molecule has 1 saturated heterocycles. The van der Waals surface area contributed by atoms with Crippen molar-refractivity contribution in [3.8, 4) is 22.5 Å². The molecule has 0 spiro atoms. The van der Waals surface area contributed by atoms with E-state index in [1.165, 1.54) is 4.90 Å². The Morgan fingerprint density at radius 1 is 0.931 bits per heavy atom. The number of benzene rings is 2. The lowest BCUT2D eigenvalue weighted by Gasteiger charge is -2.29. The Labute approximate surface area is 336 Å². The number of H-pyrrole nitrogens is 1. The van der Waals surface area contributed by atoms with E-state index in [0.29, 0.717) is 49.6 Å². The number of tetrazole rings is 1. The minimum absolute atomic E-state index is 0.194. The third kappa shape index (κ3) is 11.1. The highest BCUT2D eigenvalue weighted by Gasteiger charge is 2.31.